The van der Waals surface area contributed by atoms with Crippen molar-refractivity contribution in [2.45, 2.75) is 91.1 Å². The van der Waals surface area contributed by atoms with Gasteiger partial charge >= 0.3 is 0 Å². The zero-order chi connectivity index (χ0) is 31.9. The molecule has 1 heterocycles. The zero-order valence-electron chi connectivity index (χ0n) is 27.2. The number of hydrogen-bond donors (Lipinski definition) is 2. The summed E-state index contributed by atoms with van der Waals surface area (Å²) in [4.78, 5) is 14.2. The van der Waals surface area contributed by atoms with Crippen molar-refractivity contribution in [3.63, 3.8) is 0 Å². The van der Waals surface area contributed by atoms with Gasteiger partial charge in [0.2, 0.25) is 0 Å². The Morgan fingerprint density at radius 2 is 1.13 bits per heavy atom. The van der Waals surface area contributed by atoms with Crippen LogP contribution in [0.4, 0.5) is 0 Å². The highest BCUT2D eigenvalue weighted by atomic mass is 16.5. The lowest BCUT2D eigenvalue weighted by molar-refractivity contribution is 0.0109. The van der Waals surface area contributed by atoms with Gasteiger partial charge < -0.3 is 19.7 Å². The number of phenolic OH excluding ortho intramolecular Hbond substituents is 1. The molecule has 0 bridgehead atoms. The van der Waals surface area contributed by atoms with Gasteiger partial charge in [0.05, 0.1) is 12.2 Å². The summed E-state index contributed by atoms with van der Waals surface area (Å²) < 4.78 is 11.4. The standard InChI is InChI=1S/C38H49N3O4/c1-4-5-6-7-8-9-10-11-12-13-24-44-26-32(42)27-45-33-22-23-34(35(43)25-33)38-40-36(30-18-14-28(2)15-19-30)39-37(41-38)31-20-16-29(3)17-21-31/h14-23,25,32,42-43H,4-13,24,26-27H2,1-3H3. The first-order valence-corrected chi connectivity index (χ1v) is 16.5. The van der Waals surface area contributed by atoms with Crippen molar-refractivity contribution in [3.8, 4) is 45.7 Å². The molecular formula is C38H49N3O4. The maximum atomic E-state index is 11.0. The largest absolute Gasteiger partial charge is 0.507 e. The number of phenols is 1. The third-order valence-electron chi connectivity index (χ3n) is 7.86. The lowest BCUT2D eigenvalue weighted by Gasteiger charge is -2.14. The highest BCUT2D eigenvalue weighted by Gasteiger charge is 2.16. The molecule has 7 heteroatoms. The van der Waals surface area contributed by atoms with Crippen LogP contribution < -0.4 is 4.74 Å². The smallest absolute Gasteiger partial charge is 0.167 e. The Labute approximate surface area is 268 Å². The molecule has 7 nitrogen and oxygen atoms in total. The van der Waals surface area contributed by atoms with Crippen molar-refractivity contribution in [2.24, 2.45) is 0 Å². The Morgan fingerprint density at radius 3 is 1.67 bits per heavy atom. The molecule has 1 unspecified atom stereocenters. The van der Waals surface area contributed by atoms with Crippen molar-refractivity contribution in [1.82, 2.24) is 15.0 Å². The van der Waals surface area contributed by atoms with Gasteiger partial charge in [-0.15, -0.1) is 0 Å². The fraction of sp³-hybridized carbons (Fsp3) is 0.447. The summed E-state index contributed by atoms with van der Waals surface area (Å²) in [6.07, 6.45) is 12.0. The van der Waals surface area contributed by atoms with E-state index in [4.69, 9.17) is 24.4 Å². The number of aliphatic hydroxyl groups excluding tert-OH is 1. The van der Waals surface area contributed by atoms with Gasteiger partial charge in [0, 0.05) is 23.8 Å². The van der Waals surface area contributed by atoms with E-state index in [1.165, 1.54) is 57.4 Å². The average Bonchev–Trinajstić information content (AvgIpc) is 3.05. The van der Waals surface area contributed by atoms with Crippen LogP contribution in [-0.2, 0) is 4.74 Å². The van der Waals surface area contributed by atoms with Gasteiger partial charge in [0.25, 0.3) is 0 Å². The quantitative estimate of drug-likeness (QED) is 0.102. The number of unbranched alkanes of at least 4 members (excludes halogenated alkanes) is 9. The second-order valence-electron chi connectivity index (χ2n) is 11.9. The minimum atomic E-state index is -0.757. The van der Waals surface area contributed by atoms with Crippen LogP contribution in [-0.4, -0.2) is 51.1 Å². The molecule has 4 rings (SSSR count). The lowest BCUT2D eigenvalue weighted by Crippen LogP contribution is -2.23. The van der Waals surface area contributed by atoms with Crippen LogP contribution in [0.3, 0.4) is 0 Å². The number of aromatic nitrogens is 3. The van der Waals surface area contributed by atoms with E-state index in [0.717, 1.165) is 35.1 Å². The van der Waals surface area contributed by atoms with Crippen LogP contribution in [0.25, 0.3) is 34.2 Å². The number of rotatable bonds is 19. The number of hydrogen-bond acceptors (Lipinski definition) is 7. The molecule has 0 fully saturated rings. The molecule has 0 aliphatic carbocycles. The number of ether oxygens (including phenoxy) is 2. The van der Waals surface area contributed by atoms with Crippen LogP contribution in [0.5, 0.6) is 11.5 Å². The molecule has 0 radical (unpaired) electrons. The maximum absolute atomic E-state index is 11.0. The van der Waals surface area contributed by atoms with Crippen LogP contribution in [0.15, 0.2) is 66.7 Å². The Bertz CT molecular complexity index is 1380. The van der Waals surface area contributed by atoms with Crippen LogP contribution in [0.2, 0.25) is 0 Å². The predicted octanol–water partition coefficient (Wildman–Crippen LogP) is 8.87. The molecule has 0 amide bonds. The van der Waals surface area contributed by atoms with Crippen LogP contribution >= 0.6 is 0 Å². The van der Waals surface area contributed by atoms with E-state index in [1.54, 1.807) is 12.1 Å². The molecule has 45 heavy (non-hydrogen) atoms. The van der Waals surface area contributed by atoms with Crippen molar-refractivity contribution in [3.05, 3.63) is 77.9 Å². The maximum Gasteiger partial charge on any atom is 0.167 e. The molecule has 1 aromatic heterocycles. The molecule has 0 spiro atoms. The molecule has 240 valence electrons. The third-order valence-corrected chi connectivity index (χ3v) is 7.86. The number of benzene rings is 3. The predicted molar refractivity (Wildman–Crippen MR) is 181 cm³/mol. The summed E-state index contributed by atoms with van der Waals surface area (Å²) in [5.74, 6) is 1.83. The summed E-state index contributed by atoms with van der Waals surface area (Å²) in [5, 5.41) is 21.3. The monoisotopic (exact) mass is 611 g/mol. The Morgan fingerprint density at radius 1 is 0.622 bits per heavy atom. The van der Waals surface area contributed by atoms with Gasteiger partial charge in [0.1, 0.15) is 24.2 Å². The SMILES string of the molecule is CCCCCCCCCCCCOCC(O)COc1ccc(-c2nc(-c3ccc(C)cc3)nc(-c3ccc(C)cc3)n2)c(O)c1. The summed E-state index contributed by atoms with van der Waals surface area (Å²) in [5.41, 5.74) is 4.48. The summed E-state index contributed by atoms with van der Waals surface area (Å²) >= 11 is 0. The van der Waals surface area contributed by atoms with E-state index in [1.807, 2.05) is 62.4 Å². The highest BCUT2D eigenvalue weighted by Crippen LogP contribution is 2.33. The van der Waals surface area contributed by atoms with Crippen molar-refractivity contribution in [1.29, 1.82) is 0 Å². The molecule has 3 aromatic carbocycles. The van der Waals surface area contributed by atoms with Crippen molar-refractivity contribution >= 4 is 0 Å². The van der Waals surface area contributed by atoms with Crippen molar-refractivity contribution < 1.29 is 19.7 Å². The first-order valence-electron chi connectivity index (χ1n) is 16.5. The van der Waals surface area contributed by atoms with E-state index in [-0.39, 0.29) is 19.0 Å². The number of aryl methyl sites for hydroxylation is 2. The normalized spacial score (nSPS) is 11.9. The van der Waals surface area contributed by atoms with E-state index in [9.17, 15) is 10.2 Å². The van der Waals surface area contributed by atoms with E-state index >= 15 is 0 Å². The molecule has 0 saturated heterocycles. The molecule has 0 saturated carbocycles. The van der Waals surface area contributed by atoms with Gasteiger partial charge in [-0.05, 0) is 32.4 Å². The fourth-order valence-corrected chi connectivity index (χ4v) is 5.10. The molecule has 4 aromatic rings. The first kappa shape index (κ1) is 34.1. The van der Waals surface area contributed by atoms with Crippen molar-refractivity contribution in [2.75, 3.05) is 19.8 Å². The van der Waals surface area contributed by atoms with Gasteiger partial charge in [-0.3, -0.25) is 0 Å². The molecule has 2 N–H and O–H groups in total. The third kappa shape index (κ3) is 11.2. The summed E-state index contributed by atoms with van der Waals surface area (Å²) in [7, 11) is 0. The summed E-state index contributed by atoms with van der Waals surface area (Å²) in [6, 6.07) is 21.0. The Balaban J connectivity index is 1.29. The highest BCUT2D eigenvalue weighted by molar-refractivity contribution is 5.70. The van der Waals surface area contributed by atoms with E-state index in [2.05, 4.69) is 6.92 Å². The topological polar surface area (TPSA) is 97.6 Å². The number of aromatic hydroxyl groups is 1. The Hall–Kier alpha value is -3.81. The molecule has 1 atom stereocenters. The number of nitrogens with zero attached hydrogens (tertiary/aromatic N) is 3. The van der Waals surface area contributed by atoms with Crippen LogP contribution in [0, 0.1) is 13.8 Å². The van der Waals surface area contributed by atoms with Gasteiger partial charge in [-0.2, -0.15) is 0 Å². The van der Waals surface area contributed by atoms with Gasteiger partial charge in [0.15, 0.2) is 17.5 Å². The van der Waals surface area contributed by atoms with Gasteiger partial charge in [-0.25, -0.2) is 15.0 Å². The molecular weight excluding hydrogens is 562 g/mol. The minimum Gasteiger partial charge on any atom is -0.507 e. The van der Waals surface area contributed by atoms with Crippen LogP contribution in [0.1, 0.15) is 82.3 Å². The average molecular weight is 612 g/mol. The number of aliphatic hydroxyl groups is 1. The molecule has 0 aliphatic rings. The second kappa shape index (κ2) is 18.2. The van der Waals surface area contributed by atoms with E-state index in [0.29, 0.717) is 35.4 Å². The van der Waals surface area contributed by atoms with Gasteiger partial charge in [-0.1, -0.05) is 124 Å². The fourth-order valence-electron chi connectivity index (χ4n) is 5.10. The molecule has 0 aliphatic heterocycles. The lowest BCUT2D eigenvalue weighted by atomic mass is 10.1. The second-order valence-corrected chi connectivity index (χ2v) is 11.9. The minimum absolute atomic E-state index is 0.0184. The Kier molecular flexibility index (Phi) is 13.8. The summed E-state index contributed by atoms with van der Waals surface area (Å²) in [6.45, 7) is 7.25. The first-order chi connectivity index (χ1) is 21.9. The van der Waals surface area contributed by atoms with E-state index < -0.39 is 6.10 Å². The zero-order valence-corrected chi connectivity index (χ0v) is 27.2.